The number of hydrogen-bond donors (Lipinski definition) is 2. The number of anilines is 1. The summed E-state index contributed by atoms with van der Waals surface area (Å²) in [5.74, 6) is -1.31. The quantitative estimate of drug-likeness (QED) is 0.793. The minimum atomic E-state index is -0.651. The largest absolute Gasteiger partial charge is 0.323 e. The molecule has 0 fully saturated rings. The molecular formula is C17H18F3N5O2. The molecular weight excluding hydrogens is 363 g/mol. The maximum atomic E-state index is 13.3. The van der Waals surface area contributed by atoms with E-state index in [1.54, 1.807) is 14.0 Å². The lowest BCUT2D eigenvalue weighted by Gasteiger charge is -2.28. The predicted octanol–water partition coefficient (Wildman–Crippen LogP) is 2.15. The average Bonchev–Trinajstić information content (AvgIpc) is 2.63. The van der Waals surface area contributed by atoms with Gasteiger partial charge in [0.05, 0.1) is 31.2 Å². The van der Waals surface area contributed by atoms with Crippen LogP contribution >= 0.6 is 0 Å². The van der Waals surface area contributed by atoms with Crippen LogP contribution in [0.3, 0.4) is 0 Å². The number of fused-ring (bicyclic) bond motifs is 1. The molecule has 2 aromatic rings. The molecule has 2 N–H and O–H groups in total. The van der Waals surface area contributed by atoms with Crippen molar-refractivity contribution in [3.05, 3.63) is 52.7 Å². The van der Waals surface area contributed by atoms with Gasteiger partial charge in [0.15, 0.2) is 0 Å². The molecule has 10 heteroatoms. The lowest BCUT2D eigenvalue weighted by Crippen LogP contribution is -2.40. The van der Waals surface area contributed by atoms with Gasteiger partial charge >= 0.3 is 6.03 Å². The summed E-state index contributed by atoms with van der Waals surface area (Å²) in [6.07, 6.45) is 2.70. The van der Waals surface area contributed by atoms with Crippen molar-refractivity contribution in [1.29, 1.82) is 0 Å². The first-order valence-corrected chi connectivity index (χ1v) is 7.95. The first-order chi connectivity index (χ1) is 12.9. The number of nitrogens with one attached hydrogen (secondary N) is 2. The van der Waals surface area contributed by atoms with Gasteiger partial charge in [0.25, 0.3) is 0 Å². The number of carbonyl (C=O) groups excluding carboxylic acids is 2. The fraction of sp³-hybridized carbons (Fsp3) is 0.294. The number of amides is 2. The van der Waals surface area contributed by atoms with Crippen LogP contribution in [0.5, 0.6) is 0 Å². The molecule has 0 radical (unpaired) electrons. The van der Waals surface area contributed by atoms with Gasteiger partial charge in [-0.25, -0.2) is 22.9 Å². The molecule has 27 heavy (non-hydrogen) atoms. The summed E-state index contributed by atoms with van der Waals surface area (Å²) in [4.78, 5) is 30.5. The normalized spacial score (nSPS) is 12.6. The van der Waals surface area contributed by atoms with Crippen LogP contribution < -0.4 is 10.6 Å². The average molecular weight is 381 g/mol. The minimum absolute atomic E-state index is 0.0127. The van der Waals surface area contributed by atoms with Crippen molar-refractivity contribution in [2.45, 2.75) is 20.0 Å². The van der Waals surface area contributed by atoms with Crippen LogP contribution in [-0.2, 0) is 17.9 Å². The highest BCUT2D eigenvalue weighted by atomic mass is 19.1. The number of aromatic nitrogens is 2. The van der Waals surface area contributed by atoms with Crippen molar-refractivity contribution in [3.63, 3.8) is 0 Å². The van der Waals surface area contributed by atoms with Crippen molar-refractivity contribution in [1.82, 2.24) is 20.2 Å². The number of hydrogen-bond acceptors (Lipinski definition) is 5. The molecule has 0 unspecified atom stereocenters. The van der Waals surface area contributed by atoms with Crippen molar-refractivity contribution >= 4 is 18.1 Å². The summed E-state index contributed by atoms with van der Waals surface area (Å²) in [5.41, 5.74) is 1.29. The van der Waals surface area contributed by atoms with Crippen LogP contribution in [0.25, 0.3) is 0 Å². The molecule has 0 saturated heterocycles. The second kappa shape index (κ2) is 9.08. The topological polar surface area (TPSA) is 87.2 Å². The molecule has 3 rings (SSSR count). The highest BCUT2D eigenvalue weighted by Gasteiger charge is 2.25. The van der Waals surface area contributed by atoms with Gasteiger partial charge in [-0.3, -0.25) is 10.3 Å². The van der Waals surface area contributed by atoms with E-state index in [2.05, 4.69) is 20.6 Å². The Kier molecular flexibility index (Phi) is 6.83. The first-order valence-electron chi connectivity index (χ1n) is 7.95. The van der Waals surface area contributed by atoms with Crippen LogP contribution in [-0.4, -0.2) is 40.8 Å². The maximum Gasteiger partial charge on any atom is 0.323 e. The van der Waals surface area contributed by atoms with Gasteiger partial charge in [0, 0.05) is 18.2 Å². The zero-order chi connectivity index (χ0) is 20.0. The Morgan fingerprint density at radius 3 is 2.63 bits per heavy atom. The molecule has 2 aromatic heterocycles. The Morgan fingerprint density at radius 1 is 1.26 bits per heavy atom. The summed E-state index contributed by atoms with van der Waals surface area (Å²) in [6.45, 7) is 2.12. The van der Waals surface area contributed by atoms with Gasteiger partial charge in [-0.2, -0.15) is 0 Å². The van der Waals surface area contributed by atoms with E-state index in [1.807, 2.05) is 0 Å². The summed E-state index contributed by atoms with van der Waals surface area (Å²) < 4.78 is 38.2. The zero-order valence-electron chi connectivity index (χ0n) is 14.7. The van der Waals surface area contributed by atoms with E-state index >= 15 is 0 Å². The fourth-order valence-corrected chi connectivity index (χ4v) is 2.34. The van der Waals surface area contributed by atoms with Crippen LogP contribution in [0.2, 0.25) is 0 Å². The lowest BCUT2D eigenvalue weighted by molar-refractivity contribution is -0.108. The highest BCUT2D eigenvalue weighted by Crippen LogP contribution is 2.25. The predicted molar refractivity (Wildman–Crippen MR) is 91.3 cm³/mol. The van der Waals surface area contributed by atoms with Crippen molar-refractivity contribution in [3.8, 4) is 0 Å². The van der Waals surface area contributed by atoms with E-state index in [0.717, 1.165) is 18.5 Å². The summed E-state index contributed by atoms with van der Waals surface area (Å²) in [6, 6.07) is 0.428. The molecule has 2 amide bonds. The molecule has 1 aliphatic rings. The molecule has 1 aliphatic heterocycles. The van der Waals surface area contributed by atoms with Gasteiger partial charge in [-0.05, 0) is 19.5 Å². The van der Waals surface area contributed by atoms with E-state index < -0.39 is 23.5 Å². The van der Waals surface area contributed by atoms with Gasteiger partial charge in [-0.15, -0.1) is 0 Å². The Balaban J connectivity index is 0.000000208. The number of aldehydes is 1. The molecule has 0 aliphatic carbocycles. The molecule has 0 saturated carbocycles. The van der Waals surface area contributed by atoms with E-state index in [-0.39, 0.29) is 18.8 Å². The number of halogens is 3. The Bertz CT molecular complexity index is 848. The lowest BCUT2D eigenvalue weighted by atomic mass is 10.1. The summed E-state index contributed by atoms with van der Waals surface area (Å²) in [5, 5.41) is 5.23. The van der Waals surface area contributed by atoms with Crippen LogP contribution in [0.4, 0.5) is 23.8 Å². The zero-order valence-corrected chi connectivity index (χ0v) is 14.7. The van der Waals surface area contributed by atoms with E-state index in [9.17, 15) is 22.8 Å². The molecule has 7 nitrogen and oxygen atoms in total. The Hall–Kier alpha value is -3.01. The van der Waals surface area contributed by atoms with E-state index in [4.69, 9.17) is 0 Å². The van der Waals surface area contributed by atoms with Crippen LogP contribution in [0, 0.1) is 24.4 Å². The molecule has 0 spiro atoms. The SMILES string of the molecule is CNCc1ncc(F)cc1F.Cc1c(F)cnc2c1CN(CC=O)C(=O)N2. The van der Waals surface area contributed by atoms with Crippen molar-refractivity contribution in [2.75, 3.05) is 18.9 Å². The molecule has 0 aromatic carbocycles. The van der Waals surface area contributed by atoms with Crippen molar-refractivity contribution in [2.24, 2.45) is 0 Å². The van der Waals surface area contributed by atoms with E-state index in [1.165, 1.54) is 4.90 Å². The molecule has 0 bridgehead atoms. The molecule has 144 valence electrons. The second-order valence-electron chi connectivity index (χ2n) is 5.65. The fourth-order valence-electron chi connectivity index (χ4n) is 2.34. The Labute approximate surface area is 153 Å². The number of pyridine rings is 2. The number of carbonyl (C=O) groups is 2. The van der Waals surface area contributed by atoms with Gasteiger partial charge in [-0.1, -0.05) is 0 Å². The number of rotatable bonds is 4. The third-order valence-corrected chi connectivity index (χ3v) is 3.79. The van der Waals surface area contributed by atoms with Gasteiger partial charge in [0.1, 0.15) is 29.6 Å². The number of nitrogens with zero attached hydrogens (tertiary/aromatic N) is 3. The molecule has 0 atom stereocenters. The summed E-state index contributed by atoms with van der Waals surface area (Å²) >= 11 is 0. The maximum absolute atomic E-state index is 13.3. The van der Waals surface area contributed by atoms with E-state index in [0.29, 0.717) is 29.8 Å². The highest BCUT2D eigenvalue weighted by molar-refractivity contribution is 5.92. The third kappa shape index (κ3) is 5.00. The van der Waals surface area contributed by atoms with Crippen molar-refractivity contribution < 1.29 is 22.8 Å². The third-order valence-electron chi connectivity index (χ3n) is 3.79. The minimum Gasteiger partial charge on any atom is -0.314 e. The Morgan fingerprint density at radius 2 is 2.00 bits per heavy atom. The second-order valence-corrected chi connectivity index (χ2v) is 5.65. The molecule has 3 heterocycles. The van der Waals surface area contributed by atoms with Crippen LogP contribution in [0.1, 0.15) is 16.8 Å². The van der Waals surface area contributed by atoms with Gasteiger partial charge in [0.2, 0.25) is 0 Å². The van der Waals surface area contributed by atoms with Crippen LogP contribution in [0.15, 0.2) is 18.5 Å². The standard InChI is InChI=1S/C10H10FN3O2.C7H8F2N2/c1-6-7-5-14(2-3-15)10(16)13-9(7)12-4-8(6)11;1-10-4-7-6(9)2-5(8)3-11-7/h3-4H,2,5H2,1H3,(H,12,13,16);2-3,10H,4H2,1H3. The monoisotopic (exact) mass is 381 g/mol. The number of urea groups is 1. The smallest absolute Gasteiger partial charge is 0.314 e. The first kappa shape index (κ1) is 20.3. The summed E-state index contributed by atoms with van der Waals surface area (Å²) in [7, 11) is 1.67. The van der Waals surface area contributed by atoms with Gasteiger partial charge < -0.3 is 15.0 Å².